The van der Waals surface area contributed by atoms with E-state index in [0.717, 1.165) is 46.7 Å². The number of anilines is 1. The highest BCUT2D eigenvalue weighted by molar-refractivity contribution is 7.92. The van der Waals surface area contributed by atoms with Crippen LogP contribution in [0, 0.1) is 6.92 Å². The molecule has 2 amide bonds. The summed E-state index contributed by atoms with van der Waals surface area (Å²) >= 11 is 12.5. The van der Waals surface area contributed by atoms with Crippen molar-refractivity contribution in [2.45, 2.75) is 62.6 Å². The zero-order valence-corrected chi connectivity index (χ0v) is 27.9. The Labute approximate surface area is 281 Å². The Balaban J connectivity index is 1.56. The lowest BCUT2D eigenvalue weighted by Gasteiger charge is -2.34. The van der Waals surface area contributed by atoms with Crippen molar-refractivity contribution in [1.29, 1.82) is 0 Å². The van der Waals surface area contributed by atoms with Gasteiger partial charge in [-0.15, -0.1) is 0 Å². The van der Waals surface area contributed by atoms with Crippen molar-refractivity contribution in [3.05, 3.63) is 130 Å². The van der Waals surface area contributed by atoms with Gasteiger partial charge in [0.05, 0.1) is 20.6 Å². The zero-order valence-electron chi connectivity index (χ0n) is 25.6. The van der Waals surface area contributed by atoms with E-state index < -0.39 is 28.5 Å². The molecule has 1 aliphatic carbocycles. The quantitative estimate of drug-likeness (QED) is 0.172. The summed E-state index contributed by atoms with van der Waals surface area (Å²) in [4.78, 5) is 30.1. The number of hydrogen-bond donors (Lipinski definition) is 1. The first-order valence-electron chi connectivity index (χ1n) is 15.3. The largest absolute Gasteiger partial charge is 0.352 e. The van der Waals surface area contributed by atoms with Crippen molar-refractivity contribution < 1.29 is 18.0 Å². The third-order valence-corrected chi connectivity index (χ3v) is 10.8. The molecule has 0 radical (unpaired) electrons. The molecule has 1 N–H and O–H groups in total. The van der Waals surface area contributed by atoms with Crippen LogP contribution in [-0.2, 0) is 32.6 Å². The van der Waals surface area contributed by atoms with Crippen LogP contribution in [0.1, 0.15) is 42.4 Å². The molecule has 1 atom stereocenters. The molecular weight excluding hydrogens is 641 g/mol. The van der Waals surface area contributed by atoms with Gasteiger partial charge in [-0.05, 0) is 61.2 Å². The average molecular weight is 679 g/mol. The molecule has 10 heteroatoms. The molecule has 0 spiro atoms. The number of nitrogens with zero attached hydrogens (tertiary/aromatic N) is 2. The summed E-state index contributed by atoms with van der Waals surface area (Å²) in [6.07, 6.45) is 4.11. The molecule has 5 rings (SSSR count). The highest BCUT2D eigenvalue weighted by Gasteiger charge is 2.35. The molecule has 1 fully saturated rings. The summed E-state index contributed by atoms with van der Waals surface area (Å²) in [6.45, 7) is 1.40. The second kappa shape index (κ2) is 15.2. The number of aryl methyl sites for hydroxylation is 1. The Kier molecular flexibility index (Phi) is 11.0. The van der Waals surface area contributed by atoms with Gasteiger partial charge in [0.2, 0.25) is 11.8 Å². The van der Waals surface area contributed by atoms with E-state index in [9.17, 15) is 18.0 Å². The minimum absolute atomic E-state index is 0.0198. The molecule has 0 aliphatic heterocycles. The highest BCUT2D eigenvalue weighted by Crippen LogP contribution is 2.31. The van der Waals surface area contributed by atoms with E-state index in [1.54, 1.807) is 12.1 Å². The van der Waals surface area contributed by atoms with Gasteiger partial charge in [0.15, 0.2) is 0 Å². The van der Waals surface area contributed by atoms with Crippen molar-refractivity contribution in [1.82, 2.24) is 10.2 Å². The fourth-order valence-electron chi connectivity index (χ4n) is 5.71. The van der Waals surface area contributed by atoms with Crippen LogP contribution in [0.15, 0.2) is 108 Å². The summed E-state index contributed by atoms with van der Waals surface area (Å²) in [5, 5.41) is 3.58. The van der Waals surface area contributed by atoms with Gasteiger partial charge in [-0.25, -0.2) is 8.42 Å². The van der Waals surface area contributed by atoms with E-state index in [1.165, 1.54) is 35.2 Å². The molecule has 240 valence electrons. The van der Waals surface area contributed by atoms with Gasteiger partial charge >= 0.3 is 0 Å². The molecule has 0 bridgehead atoms. The number of rotatable bonds is 12. The van der Waals surface area contributed by atoms with E-state index in [4.69, 9.17) is 23.2 Å². The van der Waals surface area contributed by atoms with Crippen molar-refractivity contribution >= 4 is 50.7 Å². The second-order valence-corrected chi connectivity index (χ2v) is 14.3. The molecule has 4 aromatic carbocycles. The van der Waals surface area contributed by atoms with Crippen LogP contribution >= 0.6 is 23.2 Å². The molecule has 0 saturated heterocycles. The number of sulfonamides is 1. The normalized spacial score (nSPS) is 14.1. The van der Waals surface area contributed by atoms with Crippen molar-refractivity contribution in [3.63, 3.8) is 0 Å². The van der Waals surface area contributed by atoms with Crippen molar-refractivity contribution in [2.75, 3.05) is 10.8 Å². The lowest BCUT2D eigenvalue weighted by Crippen LogP contribution is -2.54. The standard InChI is InChI=1S/C36H37Cl2N3O4S/c1-26-16-19-31(20-17-26)46(44,45)41(30-18-21-32(37)33(38)23-30)25-35(42)40(24-28-12-6-3-7-13-28)34(22-27-10-4-2-5-11-27)36(43)39-29-14-8-9-15-29/h2-7,10-13,16-21,23,29,34H,8-9,14-15,22,24-25H2,1H3,(H,39,43)/t34-/m1/s1. The van der Waals surface area contributed by atoms with Gasteiger partial charge in [-0.3, -0.25) is 13.9 Å². The summed E-state index contributed by atoms with van der Waals surface area (Å²) in [5.74, 6) is -0.796. The molecule has 1 aliphatic rings. The third-order valence-electron chi connectivity index (χ3n) is 8.25. The monoisotopic (exact) mass is 677 g/mol. The Hall–Kier alpha value is -3.85. The van der Waals surface area contributed by atoms with E-state index >= 15 is 0 Å². The Morgan fingerprint density at radius 2 is 1.43 bits per heavy atom. The van der Waals surface area contributed by atoms with Crippen LogP contribution in [0.2, 0.25) is 10.0 Å². The maximum absolute atomic E-state index is 14.6. The number of halogens is 2. The first-order valence-corrected chi connectivity index (χ1v) is 17.5. The Bertz CT molecular complexity index is 1750. The van der Waals surface area contributed by atoms with Crippen molar-refractivity contribution in [3.8, 4) is 0 Å². The van der Waals surface area contributed by atoms with E-state index in [1.807, 2.05) is 67.6 Å². The van der Waals surface area contributed by atoms with Crippen LogP contribution < -0.4 is 9.62 Å². The number of amides is 2. The first kappa shape index (κ1) is 33.5. The van der Waals surface area contributed by atoms with Gasteiger partial charge in [-0.1, -0.05) is 114 Å². The number of carbonyl (C=O) groups excluding carboxylic acids is 2. The molecule has 4 aromatic rings. The van der Waals surface area contributed by atoms with Crippen LogP contribution in [0.25, 0.3) is 0 Å². The van der Waals surface area contributed by atoms with Gasteiger partial charge < -0.3 is 10.2 Å². The van der Waals surface area contributed by atoms with Crippen LogP contribution in [0.4, 0.5) is 5.69 Å². The second-order valence-electron chi connectivity index (χ2n) is 11.6. The fraction of sp³-hybridized carbons (Fsp3) is 0.278. The maximum atomic E-state index is 14.6. The molecule has 1 saturated carbocycles. The number of carbonyl (C=O) groups is 2. The highest BCUT2D eigenvalue weighted by atomic mass is 35.5. The van der Waals surface area contributed by atoms with Crippen LogP contribution in [0.3, 0.4) is 0 Å². The Morgan fingerprint density at radius 1 is 0.826 bits per heavy atom. The SMILES string of the molecule is Cc1ccc(S(=O)(=O)N(CC(=O)N(Cc2ccccc2)[C@H](Cc2ccccc2)C(=O)NC2CCCC2)c2ccc(Cl)c(Cl)c2)cc1. The Morgan fingerprint density at radius 3 is 2.04 bits per heavy atom. The minimum atomic E-state index is -4.24. The lowest BCUT2D eigenvalue weighted by atomic mass is 10.0. The fourth-order valence-corrected chi connectivity index (χ4v) is 7.41. The number of benzene rings is 4. The summed E-state index contributed by atoms with van der Waals surface area (Å²) in [7, 11) is -4.24. The zero-order chi connectivity index (χ0) is 32.7. The van der Waals surface area contributed by atoms with Gasteiger partial charge in [0.25, 0.3) is 10.0 Å². The molecule has 0 unspecified atom stereocenters. The third kappa shape index (κ3) is 8.29. The van der Waals surface area contributed by atoms with E-state index in [0.29, 0.717) is 0 Å². The number of hydrogen-bond acceptors (Lipinski definition) is 4. The summed E-state index contributed by atoms with van der Waals surface area (Å²) < 4.78 is 29.4. The molecule has 7 nitrogen and oxygen atoms in total. The number of nitrogens with one attached hydrogen (secondary N) is 1. The summed E-state index contributed by atoms with van der Waals surface area (Å²) in [5.41, 5.74) is 2.76. The maximum Gasteiger partial charge on any atom is 0.264 e. The first-order chi connectivity index (χ1) is 22.1. The predicted molar refractivity (Wildman–Crippen MR) is 183 cm³/mol. The van der Waals surface area contributed by atoms with Crippen molar-refractivity contribution in [2.24, 2.45) is 0 Å². The van der Waals surface area contributed by atoms with E-state index in [-0.39, 0.29) is 45.5 Å². The summed E-state index contributed by atoms with van der Waals surface area (Å²) in [6, 6.07) is 28.9. The molecular formula is C36H37Cl2N3O4S. The van der Waals surface area contributed by atoms with Crippen LogP contribution in [-0.4, -0.2) is 43.8 Å². The lowest BCUT2D eigenvalue weighted by molar-refractivity contribution is -0.140. The smallest absolute Gasteiger partial charge is 0.264 e. The topological polar surface area (TPSA) is 86.8 Å². The van der Waals surface area contributed by atoms with Gasteiger partial charge in [-0.2, -0.15) is 0 Å². The molecule has 46 heavy (non-hydrogen) atoms. The van der Waals surface area contributed by atoms with E-state index in [2.05, 4.69) is 5.32 Å². The molecule has 0 aromatic heterocycles. The molecule has 0 heterocycles. The van der Waals surface area contributed by atoms with Gasteiger partial charge in [0.1, 0.15) is 12.6 Å². The average Bonchev–Trinajstić information content (AvgIpc) is 3.57. The minimum Gasteiger partial charge on any atom is -0.352 e. The predicted octanol–water partition coefficient (Wildman–Crippen LogP) is 7.20. The van der Waals surface area contributed by atoms with Crippen LogP contribution in [0.5, 0.6) is 0 Å². The van der Waals surface area contributed by atoms with Gasteiger partial charge in [0, 0.05) is 19.0 Å².